The first kappa shape index (κ1) is 9.45. The Kier molecular flexibility index (Phi) is 1.85. The summed E-state index contributed by atoms with van der Waals surface area (Å²) in [7, 11) is 0. The van der Waals surface area contributed by atoms with Crippen LogP contribution >= 0.6 is 0 Å². The van der Waals surface area contributed by atoms with Crippen molar-refractivity contribution in [3.8, 4) is 5.75 Å². The predicted octanol–water partition coefficient (Wildman–Crippen LogP) is -1.75. The smallest absolute Gasteiger partial charge is 0.224 e. The fourth-order valence-electron chi connectivity index (χ4n) is 1.44. The van der Waals surface area contributed by atoms with Crippen LogP contribution in [0.5, 0.6) is 5.75 Å². The van der Waals surface area contributed by atoms with Crippen LogP contribution in [0.25, 0.3) is 0 Å². The van der Waals surface area contributed by atoms with E-state index in [9.17, 15) is 15.0 Å². The molecule has 2 rings (SSSR count). The number of hydrogen-bond donors (Lipinski definition) is 2. The van der Waals surface area contributed by atoms with E-state index < -0.39 is 11.9 Å². The van der Waals surface area contributed by atoms with E-state index in [1.54, 1.807) is 6.07 Å². The molecular formula is C9H8N3O3-. The van der Waals surface area contributed by atoms with E-state index in [0.29, 0.717) is 10.7 Å². The highest BCUT2D eigenvalue weighted by Crippen LogP contribution is 2.09. The highest BCUT2D eigenvalue weighted by Gasteiger charge is 2.24. The van der Waals surface area contributed by atoms with E-state index in [1.807, 2.05) is 0 Å². The topological polar surface area (TPSA) is 97.1 Å². The van der Waals surface area contributed by atoms with Crippen molar-refractivity contribution in [1.82, 2.24) is 5.32 Å². The van der Waals surface area contributed by atoms with Crippen LogP contribution in [-0.2, 0) is 0 Å². The fourth-order valence-corrected chi connectivity index (χ4v) is 1.44. The molecule has 0 radical (unpaired) electrons. The normalized spacial score (nSPS) is 22.5. The number of carbonyl (C=O) groups excluding carboxylic acids is 1. The van der Waals surface area contributed by atoms with E-state index in [2.05, 4.69) is 15.3 Å². The summed E-state index contributed by atoms with van der Waals surface area (Å²) >= 11 is 0. The monoisotopic (exact) mass is 206 g/mol. The molecule has 6 nitrogen and oxygen atoms in total. The van der Waals surface area contributed by atoms with Crippen molar-refractivity contribution in [2.24, 2.45) is 9.98 Å². The molecule has 0 spiro atoms. The summed E-state index contributed by atoms with van der Waals surface area (Å²) in [6, 6.07) is 4.44. The Balaban J connectivity index is 2.50. The Morgan fingerprint density at radius 2 is 2.13 bits per heavy atom. The van der Waals surface area contributed by atoms with Crippen LogP contribution < -0.4 is 21.1 Å². The maximum atomic E-state index is 10.4. The lowest BCUT2D eigenvalue weighted by atomic mass is 10.3. The van der Waals surface area contributed by atoms with Crippen molar-refractivity contribution in [3.05, 3.63) is 28.9 Å². The maximum Gasteiger partial charge on any atom is 0.224 e. The van der Waals surface area contributed by atoms with Crippen LogP contribution in [0.1, 0.15) is 6.92 Å². The molecule has 15 heavy (non-hydrogen) atoms. The van der Waals surface area contributed by atoms with E-state index in [4.69, 9.17) is 0 Å². The summed E-state index contributed by atoms with van der Waals surface area (Å²) in [5.41, 5.74) is 0. The van der Waals surface area contributed by atoms with Gasteiger partial charge in [-0.15, -0.1) is 0 Å². The van der Waals surface area contributed by atoms with Gasteiger partial charge in [0.05, 0.1) is 10.7 Å². The Hall–Kier alpha value is -2.11. The van der Waals surface area contributed by atoms with Gasteiger partial charge in [0, 0.05) is 13.0 Å². The summed E-state index contributed by atoms with van der Waals surface area (Å²) in [5.74, 6) is -1.19. The second kappa shape index (κ2) is 2.94. The van der Waals surface area contributed by atoms with Gasteiger partial charge in [-0.25, -0.2) is 9.98 Å². The number of nitrogens with zero attached hydrogens (tertiary/aromatic N) is 2. The lowest BCUT2D eigenvalue weighted by Gasteiger charge is -2.20. The van der Waals surface area contributed by atoms with Gasteiger partial charge in [0.1, 0.15) is 11.8 Å². The first-order valence-corrected chi connectivity index (χ1v) is 4.26. The molecule has 78 valence electrons. The molecule has 1 unspecified atom stereocenters. The largest absolute Gasteiger partial charge is 0.530 e. The Morgan fingerprint density at radius 3 is 2.80 bits per heavy atom. The van der Waals surface area contributed by atoms with Gasteiger partial charge in [-0.05, 0) is 12.1 Å². The van der Waals surface area contributed by atoms with Crippen LogP contribution in [0.3, 0.4) is 0 Å². The fraction of sp³-hybridized carbons (Fsp3) is 0.222. The molecule has 0 fully saturated rings. The van der Waals surface area contributed by atoms with Crippen LogP contribution in [0.2, 0.25) is 0 Å². The molecule has 1 aliphatic rings. The molecule has 0 saturated heterocycles. The molecule has 1 aliphatic heterocycles. The van der Waals surface area contributed by atoms with E-state index in [1.165, 1.54) is 19.1 Å². The lowest BCUT2D eigenvalue weighted by molar-refractivity contribution is -0.252. The highest BCUT2D eigenvalue weighted by molar-refractivity contribution is 5.63. The second-order valence-corrected chi connectivity index (χ2v) is 3.33. The number of phenols is 1. The quantitative estimate of drug-likeness (QED) is 0.570. The minimum Gasteiger partial charge on any atom is -0.530 e. The minimum atomic E-state index is -1.44. The number of benzene rings is 1. The first-order chi connectivity index (χ1) is 6.98. The Bertz CT molecular complexity index is 540. The van der Waals surface area contributed by atoms with Crippen LogP contribution in [0.15, 0.2) is 28.2 Å². The Labute approximate surface area is 84.6 Å². The highest BCUT2D eigenvalue weighted by atomic mass is 16.4. The molecule has 0 saturated carbocycles. The molecule has 1 atom stereocenters. The molecule has 0 aromatic heterocycles. The third-order valence-corrected chi connectivity index (χ3v) is 1.97. The summed E-state index contributed by atoms with van der Waals surface area (Å²) < 4.78 is 0. The number of carbonyl (C=O) groups is 1. The molecule has 0 bridgehead atoms. The second-order valence-electron chi connectivity index (χ2n) is 3.33. The standard InChI is InChI=1S/C9H9N3O3/c1-9(12-8(14)15)10-6-3-2-5(13)4-7(6)11-9/h2-4,12-13H,1H3,(H,14,15)/p-1. The number of hydrogen-bond acceptors (Lipinski definition) is 5. The van der Waals surface area contributed by atoms with Crippen molar-refractivity contribution in [2.45, 2.75) is 12.7 Å². The molecule has 2 N–H and O–H groups in total. The summed E-state index contributed by atoms with van der Waals surface area (Å²) in [5, 5.41) is 22.6. The van der Waals surface area contributed by atoms with Crippen molar-refractivity contribution in [1.29, 1.82) is 0 Å². The zero-order valence-corrected chi connectivity index (χ0v) is 7.89. The third kappa shape index (κ3) is 1.74. The average Bonchev–Trinajstić information content (AvgIpc) is 2.38. The van der Waals surface area contributed by atoms with Gasteiger partial charge >= 0.3 is 0 Å². The predicted molar refractivity (Wildman–Crippen MR) is 47.4 cm³/mol. The van der Waals surface area contributed by atoms with Crippen LogP contribution in [0, 0.1) is 0 Å². The molecule has 0 aliphatic carbocycles. The molecule has 1 amide bonds. The summed E-state index contributed by atoms with van der Waals surface area (Å²) in [6.07, 6.45) is -1.44. The molecule has 1 heterocycles. The van der Waals surface area contributed by atoms with E-state index in [0.717, 1.165) is 0 Å². The number of nitrogens with one attached hydrogen (secondary N) is 1. The van der Waals surface area contributed by atoms with Gasteiger partial charge < -0.3 is 20.3 Å². The lowest BCUT2D eigenvalue weighted by Crippen LogP contribution is -2.48. The van der Waals surface area contributed by atoms with Crippen molar-refractivity contribution in [2.75, 3.05) is 0 Å². The summed E-state index contributed by atoms with van der Waals surface area (Å²) in [4.78, 5) is 18.5. The molecule has 6 heteroatoms. The van der Waals surface area contributed by atoms with Gasteiger partial charge in [-0.2, -0.15) is 0 Å². The maximum absolute atomic E-state index is 10.4. The Morgan fingerprint density at radius 1 is 1.47 bits per heavy atom. The van der Waals surface area contributed by atoms with Crippen molar-refractivity contribution < 1.29 is 15.0 Å². The minimum absolute atomic E-state index is 0.0606. The number of aromatic hydroxyl groups is 1. The third-order valence-electron chi connectivity index (χ3n) is 1.97. The SMILES string of the molecule is CC1(NC(=O)[O-])N=c2ccc(O)cc2=N1. The van der Waals surface area contributed by atoms with Crippen LogP contribution in [-0.4, -0.2) is 17.0 Å². The molecule has 1 aromatic rings. The molecular weight excluding hydrogens is 198 g/mol. The van der Waals surface area contributed by atoms with Crippen LogP contribution in [0.4, 0.5) is 4.79 Å². The van der Waals surface area contributed by atoms with Crippen molar-refractivity contribution in [3.63, 3.8) is 0 Å². The van der Waals surface area contributed by atoms with Gasteiger partial charge in [-0.1, -0.05) is 0 Å². The first-order valence-electron chi connectivity index (χ1n) is 4.26. The molecule has 1 aromatic carbocycles. The van der Waals surface area contributed by atoms with Gasteiger partial charge in [0.2, 0.25) is 5.79 Å². The van der Waals surface area contributed by atoms with E-state index in [-0.39, 0.29) is 5.75 Å². The zero-order valence-electron chi connectivity index (χ0n) is 7.89. The van der Waals surface area contributed by atoms with E-state index >= 15 is 0 Å². The number of rotatable bonds is 1. The summed E-state index contributed by atoms with van der Waals surface area (Å²) in [6.45, 7) is 1.50. The average molecular weight is 206 g/mol. The van der Waals surface area contributed by atoms with Crippen molar-refractivity contribution >= 4 is 6.09 Å². The number of fused-ring (bicyclic) bond motifs is 1. The number of phenolic OH excluding ortho intramolecular Hbond substituents is 1. The number of carboxylic acid groups (broad SMARTS) is 1. The zero-order chi connectivity index (χ0) is 11.1. The van der Waals surface area contributed by atoms with Gasteiger partial charge in [0.15, 0.2) is 0 Å². The van der Waals surface area contributed by atoms with Gasteiger partial charge in [0.25, 0.3) is 0 Å². The number of amides is 1. The van der Waals surface area contributed by atoms with Gasteiger partial charge in [-0.3, -0.25) is 0 Å².